The van der Waals surface area contributed by atoms with Crippen molar-refractivity contribution in [3.63, 3.8) is 0 Å². The zero-order valence-corrected chi connectivity index (χ0v) is 14.9. The molecule has 0 unspecified atom stereocenters. The molecule has 0 bridgehead atoms. The molecule has 23 heavy (non-hydrogen) atoms. The second-order valence-corrected chi connectivity index (χ2v) is 8.08. The molecule has 1 N–H and O–H groups in total. The van der Waals surface area contributed by atoms with Crippen LogP contribution in [0.1, 0.15) is 39.2 Å². The lowest BCUT2D eigenvalue weighted by Crippen LogP contribution is -2.59. The molecule has 0 radical (unpaired) electrons. The topological polar surface area (TPSA) is 43.8 Å². The van der Waals surface area contributed by atoms with E-state index in [0.29, 0.717) is 19.5 Å². The second-order valence-electron chi connectivity index (χ2n) is 8.08. The van der Waals surface area contributed by atoms with Crippen LogP contribution in [0.25, 0.3) is 0 Å². The highest BCUT2D eigenvalue weighted by Crippen LogP contribution is 2.27. The van der Waals surface area contributed by atoms with Crippen LogP contribution in [0.4, 0.5) is 0 Å². The summed E-state index contributed by atoms with van der Waals surface area (Å²) in [7, 11) is 1.96. The van der Waals surface area contributed by atoms with Crippen LogP contribution in [0.3, 0.4) is 0 Å². The Bertz CT molecular complexity index is 524. The van der Waals surface area contributed by atoms with E-state index in [1.54, 1.807) is 0 Å². The molecule has 1 aliphatic rings. The molecule has 1 heterocycles. The number of piperidine rings is 1. The Morgan fingerprint density at radius 1 is 1.26 bits per heavy atom. The third kappa shape index (κ3) is 5.05. The number of benzene rings is 1. The lowest BCUT2D eigenvalue weighted by Gasteiger charge is -2.42. The summed E-state index contributed by atoms with van der Waals surface area (Å²) in [5.41, 5.74) is -0.0231. The van der Waals surface area contributed by atoms with Crippen LogP contribution < -0.4 is 0 Å². The van der Waals surface area contributed by atoms with Gasteiger partial charge in [0.05, 0.1) is 0 Å². The number of rotatable bonds is 5. The molecular weight excluding hydrogens is 288 g/mol. The molecule has 4 heteroatoms. The average molecular weight is 318 g/mol. The molecule has 2 rings (SSSR count). The Hall–Kier alpha value is -1.39. The number of hydrogen-bond acceptors (Lipinski definition) is 3. The largest absolute Gasteiger partial charge is 0.379 e. The van der Waals surface area contributed by atoms with Crippen molar-refractivity contribution < 1.29 is 9.90 Å². The molecule has 1 atom stereocenters. The summed E-state index contributed by atoms with van der Waals surface area (Å²) in [6.45, 7) is 8.91. The lowest BCUT2D eigenvalue weighted by atomic mass is 9.88. The van der Waals surface area contributed by atoms with E-state index in [4.69, 9.17) is 0 Å². The van der Waals surface area contributed by atoms with E-state index in [-0.39, 0.29) is 11.3 Å². The fourth-order valence-corrected chi connectivity index (χ4v) is 3.33. The average Bonchev–Trinajstić information content (AvgIpc) is 2.43. The third-order valence-electron chi connectivity index (χ3n) is 4.20. The molecule has 1 aromatic carbocycles. The van der Waals surface area contributed by atoms with Gasteiger partial charge in [0.2, 0.25) is 0 Å². The van der Waals surface area contributed by atoms with E-state index in [2.05, 4.69) is 32.9 Å². The van der Waals surface area contributed by atoms with Gasteiger partial charge in [-0.3, -0.25) is 9.69 Å². The molecule has 1 fully saturated rings. The van der Waals surface area contributed by atoms with Crippen LogP contribution in [0, 0.1) is 5.41 Å². The molecule has 1 saturated heterocycles. The Kier molecular flexibility index (Phi) is 5.48. The summed E-state index contributed by atoms with van der Waals surface area (Å²) >= 11 is 0. The van der Waals surface area contributed by atoms with Crippen molar-refractivity contribution in [3.05, 3.63) is 35.9 Å². The smallest absolute Gasteiger partial charge is 0.255 e. The van der Waals surface area contributed by atoms with Gasteiger partial charge in [-0.05, 0) is 30.9 Å². The standard InChI is InChI=1S/C19H30N2O2/c1-18(2,3)14-21-12-8-11-19(23,17(21)22)15-20(4)13-16-9-6-5-7-10-16/h5-7,9-10,23H,8,11-15H2,1-4H3/t19-/m0/s1. The maximum Gasteiger partial charge on any atom is 0.255 e. The van der Waals surface area contributed by atoms with Crippen molar-refractivity contribution >= 4 is 5.91 Å². The van der Waals surface area contributed by atoms with E-state index in [0.717, 1.165) is 19.5 Å². The number of carbonyl (C=O) groups excluding carboxylic acids is 1. The summed E-state index contributed by atoms with van der Waals surface area (Å²) in [6, 6.07) is 10.1. The third-order valence-corrected chi connectivity index (χ3v) is 4.20. The first-order valence-electron chi connectivity index (χ1n) is 8.44. The Labute approximate surface area is 140 Å². The highest BCUT2D eigenvalue weighted by Gasteiger charge is 2.43. The zero-order chi connectivity index (χ0) is 17.1. The van der Waals surface area contributed by atoms with Crippen LogP contribution in [-0.2, 0) is 11.3 Å². The van der Waals surface area contributed by atoms with Crippen molar-refractivity contribution in [1.29, 1.82) is 0 Å². The highest BCUT2D eigenvalue weighted by molar-refractivity contribution is 5.86. The first-order valence-corrected chi connectivity index (χ1v) is 8.44. The van der Waals surface area contributed by atoms with Crippen molar-refractivity contribution in [2.24, 2.45) is 5.41 Å². The maximum absolute atomic E-state index is 12.8. The van der Waals surface area contributed by atoms with Crippen LogP contribution >= 0.6 is 0 Å². The molecule has 0 spiro atoms. The van der Waals surface area contributed by atoms with Crippen molar-refractivity contribution in [1.82, 2.24) is 9.80 Å². The Morgan fingerprint density at radius 2 is 1.91 bits per heavy atom. The first kappa shape index (κ1) is 18.0. The number of aliphatic hydroxyl groups is 1. The number of likely N-dealkylation sites (tertiary alicyclic amines) is 1. The van der Waals surface area contributed by atoms with Gasteiger partial charge in [0, 0.05) is 26.2 Å². The van der Waals surface area contributed by atoms with Gasteiger partial charge in [-0.25, -0.2) is 0 Å². The van der Waals surface area contributed by atoms with Gasteiger partial charge in [0.1, 0.15) is 0 Å². The van der Waals surface area contributed by atoms with Gasteiger partial charge in [0.25, 0.3) is 5.91 Å². The summed E-state index contributed by atoms with van der Waals surface area (Å²) in [4.78, 5) is 16.6. The summed E-state index contributed by atoms with van der Waals surface area (Å²) in [6.07, 6.45) is 1.41. The number of nitrogens with zero attached hydrogens (tertiary/aromatic N) is 2. The summed E-state index contributed by atoms with van der Waals surface area (Å²) < 4.78 is 0. The van der Waals surface area contributed by atoms with E-state index in [1.165, 1.54) is 5.56 Å². The fourth-order valence-electron chi connectivity index (χ4n) is 3.33. The first-order chi connectivity index (χ1) is 10.7. The van der Waals surface area contributed by atoms with Crippen molar-refractivity contribution in [2.75, 3.05) is 26.7 Å². The van der Waals surface area contributed by atoms with E-state index < -0.39 is 5.60 Å². The monoisotopic (exact) mass is 318 g/mol. The van der Waals surface area contributed by atoms with Gasteiger partial charge in [-0.2, -0.15) is 0 Å². The van der Waals surface area contributed by atoms with Crippen molar-refractivity contribution in [2.45, 2.75) is 45.8 Å². The predicted molar refractivity (Wildman–Crippen MR) is 93.0 cm³/mol. The molecule has 1 amide bonds. The molecule has 0 saturated carbocycles. The van der Waals surface area contributed by atoms with Crippen LogP contribution in [-0.4, -0.2) is 53.1 Å². The number of hydrogen-bond donors (Lipinski definition) is 1. The quantitative estimate of drug-likeness (QED) is 0.907. The minimum Gasteiger partial charge on any atom is -0.379 e. The van der Waals surface area contributed by atoms with Crippen LogP contribution in [0.5, 0.6) is 0 Å². The van der Waals surface area contributed by atoms with E-state index in [9.17, 15) is 9.90 Å². The molecular formula is C19H30N2O2. The van der Waals surface area contributed by atoms with Gasteiger partial charge in [-0.1, -0.05) is 51.1 Å². The normalized spacial score (nSPS) is 22.7. The fraction of sp³-hybridized carbons (Fsp3) is 0.632. The lowest BCUT2D eigenvalue weighted by molar-refractivity contribution is -0.160. The minimum absolute atomic E-state index is 0.0455. The van der Waals surface area contributed by atoms with Gasteiger partial charge in [-0.15, -0.1) is 0 Å². The molecule has 128 valence electrons. The highest BCUT2D eigenvalue weighted by atomic mass is 16.3. The van der Waals surface area contributed by atoms with Gasteiger partial charge >= 0.3 is 0 Å². The molecule has 4 nitrogen and oxygen atoms in total. The van der Waals surface area contributed by atoms with Crippen molar-refractivity contribution in [3.8, 4) is 0 Å². The number of carbonyl (C=O) groups is 1. The summed E-state index contributed by atoms with van der Waals surface area (Å²) in [5, 5.41) is 10.9. The summed E-state index contributed by atoms with van der Waals surface area (Å²) in [5.74, 6) is -0.112. The molecule has 0 aliphatic carbocycles. The number of amides is 1. The molecule has 1 aromatic rings. The predicted octanol–water partition coefficient (Wildman–Crippen LogP) is 2.52. The molecule has 1 aliphatic heterocycles. The Balaban J connectivity index is 2.00. The second kappa shape index (κ2) is 7.02. The van der Waals surface area contributed by atoms with E-state index >= 15 is 0 Å². The van der Waals surface area contributed by atoms with E-state index in [1.807, 2.05) is 35.0 Å². The number of likely N-dealkylation sites (N-methyl/N-ethyl adjacent to an activating group) is 1. The SMILES string of the molecule is CN(Cc1ccccc1)C[C@@]1(O)CCCN(CC(C)(C)C)C1=O. The zero-order valence-electron chi connectivity index (χ0n) is 14.9. The van der Waals surface area contributed by atoms with Crippen LogP contribution in [0.2, 0.25) is 0 Å². The molecule has 0 aromatic heterocycles. The Morgan fingerprint density at radius 3 is 2.52 bits per heavy atom. The van der Waals surface area contributed by atoms with Crippen LogP contribution in [0.15, 0.2) is 30.3 Å². The van der Waals surface area contributed by atoms with Gasteiger partial charge in [0.15, 0.2) is 5.60 Å². The van der Waals surface area contributed by atoms with Gasteiger partial charge < -0.3 is 10.0 Å². The minimum atomic E-state index is -1.26. The maximum atomic E-state index is 12.8.